The molecule has 132 valence electrons. The molecule has 1 aliphatic heterocycles. The Morgan fingerprint density at radius 3 is 2.64 bits per heavy atom. The van der Waals surface area contributed by atoms with Gasteiger partial charge < -0.3 is 10.1 Å². The third-order valence-electron chi connectivity index (χ3n) is 4.19. The first kappa shape index (κ1) is 18.1. The number of hydrogen-bond donors (Lipinski definition) is 1. The summed E-state index contributed by atoms with van der Waals surface area (Å²) in [5.74, 6) is -0.222. The molecular weight excluding hydrogens is 361 g/mol. The number of nitrogens with one attached hydrogen (secondary N) is 1. The maximum atomic E-state index is 12.4. The van der Waals surface area contributed by atoms with E-state index in [-0.39, 0.29) is 22.1 Å². The molecule has 1 fully saturated rings. The molecule has 1 N–H and O–H groups in total. The summed E-state index contributed by atoms with van der Waals surface area (Å²) in [4.78, 5) is 18.7. The lowest BCUT2D eigenvalue weighted by atomic mass is 10.0. The Balaban J connectivity index is 1.71. The molecule has 0 unspecified atom stereocenters. The van der Waals surface area contributed by atoms with Gasteiger partial charge in [-0.05, 0) is 11.6 Å². The van der Waals surface area contributed by atoms with Gasteiger partial charge in [0, 0.05) is 25.8 Å². The molecule has 3 rings (SSSR count). The van der Waals surface area contributed by atoms with Gasteiger partial charge in [-0.2, -0.15) is 0 Å². The second kappa shape index (κ2) is 8.63. The van der Waals surface area contributed by atoms with Crippen LogP contribution in [0.4, 0.5) is 0 Å². The lowest BCUT2D eigenvalue weighted by Crippen LogP contribution is -2.43. The highest BCUT2D eigenvalue weighted by molar-refractivity contribution is 6.41. The number of hydrogen-bond acceptors (Lipinski definition) is 4. The van der Waals surface area contributed by atoms with E-state index in [1.165, 1.54) is 12.3 Å². The van der Waals surface area contributed by atoms with Gasteiger partial charge in [-0.3, -0.25) is 9.69 Å². The van der Waals surface area contributed by atoms with Crippen molar-refractivity contribution in [3.8, 4) is 0 Å². The minimum atomic E-state index is -0.222. The van der Waals surface area contributed by atoms with Crippen molar-refractivity contribution in [3.63, 3.8) is 0 Å². The molecule has 1 aliphatic rings. The standard InChI is InChI=1S/C18H19Cl2N3O2/c19-15-10-14(11-21-17(15)20)18(24)22-12-16(13-4-2-1-3-5-13)23-6-8-25-9-7-23/h1-5,10-11,16H,6-9,12H2,(H,22,24)/t16-/m0/s1. The summed E-state index contributed by atoms with van der Waals surface area (Å²) in [6, 6.07) is 11.8. The van der Waals surface area contributed by atoms with Crippen LogP contribution in [0.3, 0.4) is 0 Å². The molecule has 1 aromatic heterocycles. The van der Waals surface area contributed by atoms with Crippen LogP contribution in [0.15, 0.2) is 42.6 Å². The molecule has 7 heteroatoms. The number of ether oxygens (including phenoxy) is 1. The van der Waals surface area contributed by atoms with Crippen molar-refractivity contribution in [2.75, 3.05) is 32.8 Å². The topological polar surface area (TPSA) is 54.5 Å². The second-order valence-electron chi connectivity index (χ2n) is 5.78. The van der Waals surface area contributed by atoms with E-state index in [9.17, 15) is 4.79 Å². The van der Waals surface area contributed by atoms with E-state index in [2.05, 4.69) is 27.3 Å². The van der Waals surface area contributed by atoms with Crippen molar-refractivity contribution in [1.29, 1.82) is 0 Å². The van der Waals surface area contributed by atoms with Crippen molar-refractivity contribution in [1.82, 2.24) is 15.2 Å². The Kier molecular flexibility index (Phi) is 6.26. The zero-order valence-electron chi connectivity index (χ0n) is 13.6. The number of amides is 1. The summed E-state index contributed by atoms with van der Waals surface area (Å²) in [5.41, 5.74) is 1.56. The van der Waals surface area contributed by atoms with Crippen LogP contribution in [0.1, 0.15) is 22.0 Å². The lowest BCUT2D eigenvalue weighted by molar-refractivity contribution is 0.0162. The van der Waals surface area contributed by atoms with Crippen molar-refractivity contribution >= 4 is 29.1 Å². The van der Waals surface area contributed by atoms with Gasteiger partial charge in [0.05, 0.1) is 29.8 Å². The molecule has 2 aromatic rings. The summed E-state index contributed by atoms with van der Waals surface area (Å²) < 4.78 is 5.44. The SMILES string of the molecule is O=C(NC[C@@H](c1ccccc1)N1CCOCC1)c1cnc(Cl)c(Cl)c1. The number of pyridine rings is 1. The van der Waals surface area contributed by atoms with E-state index in [0.29, 0.717) is 25.3 Å². The molecule has 2 heterocycles. The van der Waals surface area contributed by atoms with Crippen LogP contribution < -0.4 is 5.32 Å². The third-order valence-corrected chi connectivity index (χ3v) is 4.87. The fraction of sp³-hybridized carbons (Fsp3) is 0.333. The maximum absolute atomic E-state index is 12.4. The summed E-state index contributed by atoms with van der Waals surface area (Å²) >= 11 is 11.7. The lowest BCUT2D eigenvalue weighted by Gasteiger charge is -2.35. The predicted molar refractivity (Wildman–Crippen MR) is 98.2 cm³/mol. The van der Waals surface area contributed by atoms with E-state index in [1.807, 2.05) is 18.2 Å². The van der Waals surface area contributed by atoms with Gasteiger partial charge in [0.1, 0.15) is 5.15 Å². The number of benzene rings is 1. The summed E-state index contributed by atoms with van der Waals surface area (Å²) in [7, 11) is 0. The summed E-state index contributed by atoms with van der Waals surface area (Å²) in [6.07, 6.45) is 1.43. The van der Waals surface area contributed by atoms with E-state index in [1.54, 1.807) is 0 Å². The number of rotatable bonds is 5. The minimum absolute atomic E-state index is 0.0878. The molecule has 0 bridgehead atoms. The predicted octanol–water partition coefficient (Wildman–Crippen LogP) is 3.19. The molecular formula is C18H19Cl2N3O2. The van der Waals surface area contributed by atoms with Gasteiger partial charge in [0.15, 0.2) is 0 Å². The largest absolute Gasteiger partial charge is 0.379 e. The molecule has 0 radical (unpaired) electrons. The van der Waals surface area contributed by atoms with Crippen LogP contribution in [-0.4, -0.2) is 48.6 Å². The van der Waals surface area contributed by atoms with Crippen molar-refractivity contribution in [2.24, 2.45) is 0 Å². The number of halogens is 2. The average molecular weight is 380 g/mol. The molecule has 5 nitrogen and oxygen atoms in total. The number of carbonyl (C=O) groups excluding carboxylic acids is 1. The first-order valence-electron chi connectivity index (χ1n) is 8.11. The zero-order chi connectivity index (χ0) is 17.6. The Bertz CT molecular complexity index is 722. The second-order valence-corrected chi connectivity index (χ2v) is 6.55. The zero-order valence-corrected chi connectivity index (χ0v) is 15.1. The van der Waals surface area contributed by atoms with Gasteiger partial charge in [-0.15, -0.1) is 0 Å². The van der Waals surface area contributed by atoms with E-state index in [0.717, 1.165) is 18.7 Å². The Labute approximate surface area is 156 Å². The van der Waals surface area contributed by atoms with Crippen LogP contribution in [0, 0.1) is 0 Å². The van der Waals surface area contributed by atoms with Gasteiger partial charge in [-0.25, -0.2) is 4.98 Å². The van der Waals surface area contributed by atoms with Crippen LogP contribution >= 0.6 is 23.2 Å². The van der Waals surface area contributed by atoms with Gasteiger partial charge >= 0.3 is 0 Å². The van der Waals surface area contributed by atoms with Crippen LogP contribution in [0.5, 0.6) is 0 Å². The van der Waals surface area contributed by atoms with Crippen LogP contribution in [0.25, 0.3) is 0 Å². The molecule has 1 atom stereocenters. The summed E-state index contributed by atoms with van der Waals surface area (Å²) in [6.45, 7) is 3.57. The molecule has 0 aliphatic carbocycles. The average Bonchev–Trinajstić information content (AvgIpc) is 2.66. The fourth-order valence-corrected chi connectivity index (χ4v) is 3.13. The smallest absolute Gasteiger partial charge is 0.252 e. The molecule has 1 aromatic carbocycles. The minimum Gasteiger partial charge on any atom is -0.379 e. The highest BCUT2D eigenvalue weighted by atomic mass is 35.5. The molecule has 25 heavy (non-hydrogen) atoms. The Morgan fingerprint density at radius 1 is 1.24 bits per heavy atom. The maximum Gasteiger partial charge on any atom is 0.252 e. The van der Waals surface area contributed by atoms with E-state index in [4.69, 9.17) is 27.9 Å². The number of carbonyl (C=O) groups is 1. The highest BCUT2D eigenvalue weighted by Gasteiger charge is 2.23. The van der Waals surface area contributed by atoms with Crippen LogP contribution in [0.2, 0.25) is 10.2 Å². The Morgan fingerprint density at radius 2 is 1.96 bits per heavy atom. The van der Waals surface area contributed by atoms with Crippen molar-refractivity contribution < 1.29 is 9.53 Å². The van der Waals surface area contributed by atoms with Gasteiger partial charge in [-0.1, -0.05) is 53.5 Å². The highest BCUT2D eigenvalue weighted by Crippen LogP contribution is 2.22. The van der Waals surface area contributed by atoms with Crippen molar-refractivity contribution in [2.45, 2.75) is 6.04 Å². The van der Waals surface area contributed by atoms with E-state index < -0.39 is 0 Å². The first-order chi connectivity index (χ1) is 12.1. The Hall–Kier alpha value is -1.66. The third kappa shape index (κ3) is 4.70. The molecule has 0 saturated carbocycles. The number of aromatic nitrogens is 1. The molecule has 0 spiro atoms. The van der Waals surface area contributed by atoms with E-state index >= 15 is 0 Å². The summed E-state index contributed by atoms with van der Waals surface area (Å²) in [5, 5.41) is 3.43. The first-order valence-corrected chi connectivity index (χ1v) is 8.87. The van der Waals surface area contributed by atoms with Crippen LogP contribution in [-0.2, 0) is 4.74 Å². The van der Waals surface area contributed by atoms with Gasteiger partial charge in [0.2, 0.25) is 0 Å². The normalized spacial score (nSPS) is 16.4. The van der Waals surface area contributed by atoms with Crippen molar-refractivity contribution in [3.05, 3.63) is 63.9 Å². The van der Waals surface area contributed by atoms with Gasteiger partial charge in [0.25, 0.3) is 5.91 Å². The number of morpholine rings is 1. The quantitative estimate of drug-likeness (QED) is 0.810. The fourth-order valence-electron chi connectivity index (χ4n) is 2.86. The molecule has 1 saturated heterocycles. The molecule has 1 amide bonds. The number of nitrogens with zero attached hydrogens (tertiary/aromatic N) is 2. The monoisotopic (exact) mass is 379 g/mol.